The molecule has 1 aliphatic heterocycles. The van der Waals surface area contributed by atoms with Gasteiger partial charge >= 0.3 is 5.92 Å². The van der Waals surface area contributed by atoms with E-state index in [1.807, 2.05) is 48.5 Å². The Kier molecular flexibility index (Phi) is 8.45. The van der Waals surface area contributed by atoms with E-state index < -0.39 is 46.6 Å². The van der Waals surface area contributed by atoms with Gasteiger partial charge in [0, 0.05) is 60.9 Å². The molecule has 2 aromatic heterocycles. The van der Waals surface area contributed by atoms with Crippen LogP contribution in [0.25, 0.3) is 11.1 Å². The molecule has 1 saturated heterocycles. The molecule has 47 heavy (non-hydrogen) atoms. The molecule has 3 aromatic carbocycles. The van der Waals surface area contributed by atoms with Crippen LogP contribution in [0.3, 0.4) is 0 Å². The van der Waals surface area contributed by atoms with E-state index in [2.05, 4.69) is 30.3 Å². The van der Waals surface area contributed by atoms with E-state index in [9.17, 15) is 19.0 Å². The van der Waals surface area contributed by atoms with Gasteiger partial charge in [0.2, 0.25) is 0 Å². The van der Waals surface area contributed by atoms with Crippen molar-refractivity contribution in [1.29, 1.82) is 0 Å². The molecule has 1 aliphatic rings. The van der Waals surface area contributed by atoms with Crippen LogP contribution >= 0.6 is 0 Å². The molecule has 0 radical (unpaired) electrons. The van der Waals surface area contributed by atoms with Gasteiger partial charge < -0.3 is 20.0 Å². The highest BCUT2D eigenvalue weighted by atomic mass is 19.3. The van der Waals surface area contributed by atoms with E-state index in [0.717, 1.165) is 77.9 Å². The Morgan fingerprint density at radius 2 is 1.36 bits per heavy atom. The lowest BCUT2D eigenvalue weighted by molar-refractivity contribution is -0.207. The van der Waals surface area contributed by atoms with Crippen LogP contribution in [0.2, 0.25) is 0 Å². The van der Waals surface area contributed by atoms with Crippen LogP contribution in [0.15, 0.2) is 91.4 Å². The molecule has 6 rings (SSSR count). The zero-order valence-electron chi connectivity index (χ0n) is 25.7. The predicted octanol–water partition coefficient (Wildman–Crippen LogP) is 5.25. The number of nitrogens with zero attached hydrogens (tertiary/aromatic N) is 7. The van der Waals surface area contributed by atoms with Crippen LogP contribution in [0, 0.1) is 11.6 Å². The number of aliphatic hydroxyl groups is 2. The van der Waals surface area contributed by atoms with E-state index in [1.54, 1.807) is 13.8 Å². The molecule has 1 atom stereocenters. The SMILES string of the molecule is CC(C)(O)c1ccc(N2CCN(c3ccc(-c4ccc(C(F)(F)[C@](O)(Cn5cnnn5)c5ccc(F)cc5F)nc4)cc3)CC2)cc1. The Hall–Kier alpha value is -4.88. The van der Waals surface area contributed by atoms with E-state index in [-0.39, 0.29) is 0 Å². The van der Waals surface area contributed by atoms with Crippen molar-refractivity contribution >= 4 is 11.4 Å². The smallest absolute Gasteiger partial charge is 0.323 e. The quantitative estimate of drug-likeness (QED) is 0.209. The van der Waals surface area contributed by atoms with Crippen molar-refractivity contribution in [3.63, 3.8) is 0 Å². The zero-order valence-corrected chi connectivity index (χ0v) is 25.7. The van der Waals surface area contributed by atoms with Crippen LogP contribution in [0.4, 0.5) is 28.9 Å². The highest BCUT2D eigenvalue weighted by Crippen LogP contribution is 2.47. The molecule has 0 spiro atoms. The number of alkyl halides is 2. The first kappa shape index (κ1) is 32.1. The highest BCUT2D eigenvalue weighted by molar-refractivity contribution is 5.66. The minimum atomic E-state index is -4.14. The largest absolute Gasteiger partial charge is 0.386 e. The lowest BCUT2D eigenvalue weighted by Gasteiger charge is -2.37. The molecular formula is C34H33F4N7O2. The minimum Gasteiger partial charge on any atom is -0.386 e. The van der Waals surface area contributed by atoms with Crippen molar-refractivity contribution in [3.05, 3.63) is 120 Å². The van der Waals surface area contributed by atoms with Gasteiger partial charge in [-0.2, -0.15) is 8.78 Å². The van der Waals surface area contributed by atoms with Gasteiger partial charge in [-0.3, -0.25) is 4.98 Å². The first-order valence-electron chi connectivity index (χ1n) is 15.0. The fraction of sp³-hybridized carbons (Fsp3) is 0.294. The van der Waals surface area contributed by atoms with Crippen molar-refractivity contribution in [2.45, 2.75) is 37.5 Å². The molecule has 5 aromatic rings. The summed E-state index contributed by atoms with van der Waals surface area (Å²) in [6.07, 6.45) is 2.26. The lowest BCUT2D eigenvalue weighted by Crippen LogP contribution is -2.48. The van der Waals surface area contributed by atoms with E-state index in [1.165, 1.54) is 12.3 Å². The third-order valence-electron chi connectivity index (χ3n) is 8.55. The number of pyridine rings is 1. The van der Waals surface area contributed by atoms with Gasteiger partial charge in [-0.15, -0.1) is 5.10 Å². The second-order valence-corrected chi connectivity index (χ2v) is 12.1. The summed E-state index contributed by atoms with van der Waals surface area (Å²) in [4.78, 5) is 8.54. The first-order chi connectivity index (χ1) is 22.3. The second-order valence-electron chi connectivity index (χ2n) is 12.1. The maximum atomic E-state index is 16.1. The van der Waals surface area contributed by atoms with E-state index >= 15 is 8.78 Å². The van der Waals surface area contributed by atoms with Gasteiger partial charge in [0.1, 0.15) is 23.7 Å². The maximum absolute atomic E-state index is 16.1. The number of tetrazole rings is 1. The molecule has 1 fully saturated rings. The van der Waals surface area contributed by atoms with Crippen molar-refractivity contribution in [3.8, 4) is 11.1 Å². The molecule has 13 heteroatoms. The first-order valence-corrected chi connectivity index (χ1v) is 15.0. The minimum absolute atomic E-state index is 0.425. The lowest BCUT2D eigenvalue weighted by atomic mass is 9.84. The van der Waals surface area contributed by atoms with Crippen molar-refractivity contribution in [2.75, 3.05) is 36.0 Å². The summed E-state index contributed by atoms with van der Waals surface area (Å²) >= 11 is 0. The average molecular weight is 648 g/mol. The molecular weight excluding hydrogens is 614 g/mol. The third-order valence-corrected chi connectivity index (χ3v) is 8.55. The molecule has 244 valence electrons. The van der Waals surface area contributed by atoms with Gasteiger partial charge in [-0.1, -0.05) is 30.3 Å². The number of rotatable bonds is 9. The summed E-state index contributed by atoms with van der Waals surface area (Å²) in [5.41, 5.74) is -1.44. The molecule has 0 amide bonds. The fourth-order valence-electron chi connectivity index (χ4n) is 5.80. The van der Waals surface area contributed by atoms with Crippen LogP contribution < -0.4 is 9.80 Å². The Morgan fingerprint density at radius 3 is 1.87 bits per heavy atom. The van der Waals surface area contributed by atoms with E-state index in [4.69, 9.17) is 0 Å². The average Bonchev–Trinajstić information content (AvgIpc) is 3.57. The number of piperazine rings is 1. The monoisotopic (exact) mass is 647 g/mol. The number of hydrogen-bond donors (Lipinski definition) is 2. The number of benzene rings is 3. The normalized spacial score (nSPS) is 15.5. The molecule has 3 heterocycles. The highest BCUT2D eigenvalue weighted by Gasteiger charge is 2.58. The third kappa shape index (κ3) is 6.41. The standard InChI is InChI=1S/C34H33F4N7O2/c1-32(2,46)25-6-11-28(12-7-25)44-17-15-43(16-18-44)27-9-3-23(4-10-27)24-5-14-31(39-20-24)34(37,38)33(47,21-45-22-40-41-42-45)29-13-8-26(35)19-30(29)36/h3-14,19-20,22,46-47H,15-18,21H2,1-2H3/t33-/m0/s1. The molecule has 9 nitrogen and oxygen atoms in total. The molecule has 0 saturated carbocycles. The van der Waals surface area contributed by atoms with Gasteiger partial charge in [0.15, 0.2) is 5.60 Å². The number of hydrogen-bond acceptors (Lipinski definition) is 8. The van der Waals surface area contributed by atoms with Crippen LogP contribution in [-0.2, 0) is 23.7 Å². The van der Waals surface area contributed by atoms with Crippen LogP contribution in [-0.4, -0.2) is 61.6 Å². The summed E-state index contributed by atoms with van der Waals surface area (Å²) in [5, 5.41) is 31.9. The van der Waals surface area contributed by atoms with Gasteiger partial charge in [0.25, 0.3) is 0 Å². The Morgan fingerprint density at radius 1 is 0.766 bits per heavy atom. The summed E-state index contributed by atoms with van der Waals surface area (Å²) in [6, 6.07) is 20.2. The number of halogens is 4. The topological polar surface area (TPSA) is 103 Å². The predicted molar refractivity (Wildman–Crippen MR) is 168 cm³/mol. The van der Waals surface area contributed by atoms with Crippen molar-refractivity contribution in [1.82, 2.24) is 25.2 Å². The summed E-state index contributed by atoms with van der Waals surface area (Å²) in [7, 11) is 0. The Balaban J connectivity index is 1.16. The van der Waals surface area contributed by atoms with Crippen molar-refractivity contribution in [2.24, 2.45) is 0 Å². The fourth-order valence-corrected chi connectivity index (χ4v) is 5.80. The van der Waals surface area contributed by atoms with Crippen LogP contribution in [0.1, 0.15) is 30.7 Å². The molecule has 0 bridgehead atoms. The van der Waals surface area contributed by atoms with Crippen LogP contribution in [0.5, 0.6) is 0 Å². The number of aromatic nitrogens is 5. The zero-order chi connectivity index (χ0) is 33.4. The summed E-state index contributed by atoms with van der Waals surface area (Å²) in [5.74, 6) is -6.47. The maximum Gasteiger partial charge on any atom is 0.323 e. The Bertz CT molecular complexity index is 1810. The molecule has 0 aliphatic carbocycles. The summed E-state index contributed by atoms with van der Waals surface area (Å²) < 4.78 is 61.4. The van der Waals surface area contributed by atoms with Crippen molar-refractivity contribution < 1.29 is 27.8 Å². The molecule has 0 unspecified atom stereocenters. The van der Waals surface area contributed by atoms with Gasteiger partial charge in [0.05, 0.1) is 12.1 Å². The summed E-state index contributed by atoms with van der Waals surface area (Å²) in [6.45, 7) is 5.86. The van der Waals surface area contributed by atoms with E-state index in [0.29, 0.717) is 11.6 Å². The Labute approximate surface area is 268 Å². The molecule has 2 N–H and O–H groups in total. The van der Waals surface area contributed by atoms with Gasteiger partial charge in [-0.05, 0) is 77.9 Å². The van der Waals surface area contributed by atoms with Gasteiger partial charge in [-0.25, -0.2) is 13.5 Å². The second kappa shape index (κ2) is 12.4. The number of anilines is 2.